The van der Waals surface area contributed by atoms with Crippen molar-refractivity contribution in [3.05, 3.63) is 112 Å². The van der Waals surface area contributed by atoms with Gasteiger partial charge in [-0.2, -0.15) is 0 Å². The molecule has 4 heteroatoms. The number of hydrogen-bond acceptors (Lipinski definition) is 2. The Kier molecular flexibility index (Phi) is 4.86. The predicted octanol–water partition coefficient (Wildman–Crippen LogP) is 5.17. The Bertz CT molecular complexity index is 1010. The van der Waals surface area contributed by atoms with Gasteiger partial charge in [0.05, 0.1) is 6.54 Å². The molecule has 0 atom stereocenters. The summed E-state index contributed by atoms with van der Waals surface area (Å²) < 4.78 is 0. The van der Waals surface area contributed by atoms with Gasteiger partial charge >= 0.3 is 0 Å². The molecule has 1 heterocycles. The topological polar surface area (TPSA) is 32.7 Å². The SMILES string of the molecule is O=C1/C(=C\c2ccc(Cl)cc2)N=C(c2ccccc2)N1Cc1ccccc1. The van der Waals surface area contributed by atoms with E-state index in [1.165, 1.54) is 0 Å². The summed E-state index contributed by atoms with van der Waals surface area (Å²) in [5.74, 6) is 0.567. The van der Waals surface area contributed by atoms with Crippen LogP contribution in [0.4, 0.5) is 0 Å². The quantitative estimate of drug-likeness (QED) is 0.581. The molecular formula is C23H17ClN2O. The molecule has 1 aliphatic rings. The molecule has 0 bridgehead atoms. The van der Waals surface area contributed by atoms with Crippen LogP contribution in [0.2, 0.25) is 5.02 Å². The van der Waals surface area contributed by atoms with E-state index in [2.05, 4.69) is 4.99 Å². The monoisotopic (exact) mass is 372 g/mol. The van der Waals surface area contributed by atoms with Crippen LogP contribution in [0.5, 0.6) is 0 Å². The number of benzene rings is 3. The Morgan fingerprint density at radius 3 is 2.15 bits per heavy atom. The van der Waals surface area contributed by atoms with Crippen molar-refractivity contribution in [3.8, 4) is 0 Å². The summed E-state index contributed by atoms with van der Waals surface area (Å²) >= 11 is 5.95. The predicted molar refractivity (Wildman–Crippen MR) is 109 cm³/mol. The molecule has 4 rings (SSSR count). The van der Waals surface area contributed by atoms with Gasteiger partial charge in [-0.25, -0.2) is 4.99 Å². The highest BCUT2D eigenvalue weighted by molar-refractivity contribution is 6.30. The highest BCUT2D eigenvalue weighted by Gasteiger charge is 2.31. The van der Waals surface area contributed by atoms with Gasteiger partial charge in [0.15, 0.2) is 0 Å². The molecular weight excluding hydrogens is 356 g/mol. The van der Waals surface area contributed by atoms with E-state index in [1.807, 2.05) is 72.8 Å². The lowest BCUT2D eigenvalue weighted by Crippen LogP contribution is -2.32. The molecule has 132 valence electrons. The maximum absolute atomic E-state index is 13.1. The number of carbonyl (C=O) groups is 1. The molecule has 0 aromatic heterocycles. The van der Waals surface area contributed by atoms with E-state index in [0.717, 1.165) is 16.7 Å². The third-order valence-corrected chi connectivity index (χ3v) is 4.59. The average Bonchev–Trinajstić information content (AvgIpc) is 3.01. The van der Waals surface area contributed by atoms with E-state index in [4.69, 9.17) is 11.6 Å². The molecule has 27 heavy (non-hydrogen) atoms. The van der Waals surface area contributed by atoms with Gasteiger partial charge in [0.1, 0.15) is 11.5 Å². The summed E-state index contributed by atoms with van der Waals surface area (Å²) in [6.45, 7) is 0.478. The van der Waals surface area contributed by atoms with Crippen molar-refractivity contribution in [1.82, 2.24) is 4.90 Å². The zero-order chi connectivity index (χ0) is 18.6. The summed E-state index contributed by atoms with van der Waals surface area (Å²) in [6, 6.07) is 27.1. The van der Waals surface area contributed by atoms with Gasteiger partial charge in [0, 0.05) is 10.6 Å². The first-order valence-electron chi connectivity index (χ1n) is 8.68. The van der Waals surface area contributed by atoms with Crippen LogP contribution in [0.25, 0.3) is 6.08 Å². The molecule has 3 aromatic carbocycles. The van der Waals surface area contributed by atoms with Gasteiger partial charge in [-0.15, -0.1) is 0 Å². The van der Waals surface area contributed by atoms with Crippen molar-refractivity contribution in [1.29, 1.82) is 0 Å². The molecule has 0 N–H and O–H groups in total. The van der Waals surface area contributed by atoms with E-state index in [1.54, 1.807) is 23.1 Å². The minimum absolute atomic E-state index is 0.104. The average molecular weight is 373 g/mol. The number of amidine groups is 1. The second-order valence-electron chi connectivity index (χ2n) is 6.26. The largest absolute Gasteiger partial charge is 0.286 e. The lowest BCUT2D eigenvalue weighted by atomic mass is 10.1. The second kappa shape index (κ2) is 7.60. The molecule has 0 spiro atoms. The van der Waals surface area contributed by atoms with Crippen LogP contribution in [0.15, 0.2) is 95.6 Å². The highest BCUT2D eigenvalue weighted by Crippen LogP contribution is 2.24. The van der Waals surface area contributed by atoms with E-state index in [-0.39, 0.29) is 5.91 Å². The van der Waals surface area contributed by atoms with Crippen LogP contribution in [-0.4, -0.2) is 16.6 Å². The van der Waals surface area contributed by atoms with Crippen LogP contribution in [0.3, 0.4) is 0 Å². The van der Waals surface area contributed by atoms with E-state index < -0.39 is 0 Å². The fourth-order valence-corrected chi connectivity index (χ4v) is 3.11. The highest BCUT2D eigenvalue weighted by atomic mass is 35.5. The van der Waals surface area contributed by atoms with Gasteiger partial charge < -0.3 is 0 Å². The first-order chi connectivity index (χ1) is 13.2. The smallest absolute Gasteiger partial charge is 0.278 e. The summed E-state index contributed by atoms with van der Waals surface area (Å²) in [6.07, 6.45) is 1.80. The molecule has 0 unspecified atom stereocenters. The Labute approximate surface area is 163 Å². The standard InChI is InChI=1S/C23H17ClN2O/c24-20-13-11-17(12-14-20)15-21-23(27)26(16-18-7-3-1-4-8-18)22(25-21)19-9-5-2-6-10-19/h1-15H,16H2/b21-15+. The molecule has 0 fully saturated rings. The Morgan fingerprint density at radius 2 is 1.48 bits per heavy atom. The molecule has 0 radical (unpaired) electrons. The molecule has 1 amide bonds. The van der Waals surface area contributed by atoms with Crippen LogP contribution >= 0.6 is 11.6 Å². The first-order valence-corrected chi connectivity index (χ1v) is 9.06. The minimum Gasteiger partial charge on any atom is -0.286 e. The number of nitrogens with zero attached hydrogens (tertiary/aromatic N) is 2. The van der Waals surface area contributed by atoms with Crippen molar-refractivity contribution >= 4 is 29.4 Å². The van der Waals surface area contributed by atoms with Gasteiger partial charge in [0.2, 0.25) is 0 Å². The number of aliphatic imine (C=N–C) groups is 1. The minimum atomic E-state index is -0.104. The first kappa shape index (κ1) is 17.3. The Balaban J connectivity index is 1.72. The summed E-state index contributed by atoms with van der Waals surface area (Å²) in [4.78, 5) is 19.5. The fraction of sp³-hybridized carbons (Fsp3) is 0.0435. The molecule has 3 aromatic rings. The maximum Gasteiger partial charge on any atom is 0.278 e. The normalized spacial score (nSPS) is 15.3. The van der Waals surface area contributed by atoms with E-state index in [0.29, 0.717) is 23.1 Å². The second-order valence-corrected chi connectivity index (χ2v) is 6.70. The molecule has 3 nitrogen and oxygen atoms in total. The summed E-state index contributed by atoms with van der Waals surface area (Å²) in [7, 11) is 0. The molecule has 0 aliphatic carbocycles. The number of rotatable bonds is 4. The lowest BCUT2D eigenvalue weighted by Gasteiger charge is -2.18. The third-order valence-electron chi connectivity index (χ3n) is 4.34. The van der Waals surface area contributed by atoms with Crippen molar-refractivity contribution < 1.29 is 4.79 Å². The number of carbonyl (C=O) groups excluding carboxylic acids is 1. The van der Waals surface area contributed by atoms with Gasteiger partial charge in [-0.1, -0.05) is 84.4 Å². The molecule has 0 saturated carbocycles. The molecule has 1 aliphatic heterocycles. The van der Waals surface area contributed by atoms with Crippen LogP contribution < -0.4 is 0 Å². The van der Waals surface area contributed by atoms with Gasteiger partial charge in [-0.05, 0) is 29.3 Å². The van der Waals surface area contributed by atoms with E-state index >= 15 is 0 Å². The summed E-state index contributed by atoms with van der Waals surface area (Å²) in [5, 5.41) is 0.661. The van der Waals surface area contributed by atoms with Gasteiger partial charge in [0.25, 0.3) is 5.91 Å². The summed E-state index contributed by atoms with van der Waals surface area (Å²) in [5.41, 5.74) is 3.29. The van der Waals surface area contributed by atoms with Crippen molar-refractivity contribution in [2.75, 3.05) is 0 Å². The Hall–Kier alpha value is -3.17. The fourth-order valence-electron chi connectivity index (χ4n) is 2.99. The Morgan fingerprint density at radius 1 is 0.852 bits per heavy atom. The van der Waals surface area contributed by atoms with Crippen molar-refractivity contribution in [3.63, 3.8) is 0 Å². The van der Waals surface area contributed by atoms with Crippen LogP contribution in [-0.2, 0) is 11.3 Å². The lowest BCUT2D eigenvalue weighted by molar-refractivity contribution is -0.123. The van der Waals surface area contributed by atoms with Crippen LogP contribution in [0.1, 0.15) is 16.7 Å². The number of hydrogen-bond donors (Lipinski definition) is 0. The van der Waals surface area contributed by atoms with Crippen molar-refractivity contribution in [2.45, 2.75) is 6.54 Å². The maximum atomic E-state index is 13.1. The zero-order valence-corrected chi connectivity index (χ0v) is 15.3. The number of halogens is 1. The third kappa shape index (κ3) is 3.83. The number of amides is 1. The molecule has 0 saturated heterocycles. The van der Waals surface area contributed by atoms with E-state index in [9.17, 15) is 4.79 Å². The van der Waals surface area contributed by atoms with Crippen LogP contribution in [0, 0.1) is 0 Å². The zero-order valence-electron chi connectivity index (χ0n) is 14.5. The van der Waals surface area contributed by atoms with Gasteiger partial charge in [-0.3, -0.25) is 9.69 Å². The van der Waals surface area contributed by atoms with Crippen molar-refractivity contribution in [2.24, 2.45) is 4.99 Å².